The van der Waals surface area contributed by atoms with E-state index in [0.717, 1.165) is 0 Å². The van der Waals surface area contributed by atoms with Gasteiger partial charge in [-0.25, -0.2) is 4.79 Å². The Morgan fingerprint density at radius 1 is 1.54 bits per heavy atom. The summed E-state index contributed by atoms with van der Waals surface area (Å²) in [6, 6.07) is 0.0369. The van der Waals surface area contributed by atoms with Gasteiger partial charge in [-0.3, -0.25) is 0 Å². The topological polar surface area (TPSA) is 38.3 Å². The third kappa shape index (κ3) is 1.46. The molecule has 0 aromatic heterocycles. The number of hydrogen-bond acceptors (Lipinski definition) is 2. The number of allylic oxidation sites excluding steroid dienone is 2. The summed E-state index contributed by atoms with van der Waals surface area (Å²) in [5, 5.41) is 2.75. The molecule has 1 fully saturated rings. The molecule has 3 heteroatoms. The lowest BCUT2D eigenvalue weighted by Crippen LogP contribution is -2.30. The maximum atomic E-state index is 10.9. The Morgan fingerprint density at radius 3 is 3.00 bits per heavy atom. The summed E-state index contributed by atoms with van der Waals surface area (Å²) in [6.45, 7) is 4.27. The Morgan fingerprint density at radius 2 is 2.31 bits per heavy atom. The van der Waals surface area contributed by atoms with Gasteiger partial charge in [0.2, 0.25) is 0 Å². The van der Waals surface area contributed by atoms with Crippen molar-refractivity contribution in [2.45, 2.75) is 26.0 Å². The number of rotatable bonds is 1. The van der Waals surface area contributed by atoms with Gasteiger partial charge in [-0.15, -0.1) is 0 Å². The van der Waals surface area contributed by atoms with Gasteiger partial charge in [-0.05, 0) is 17.6 Å². The molecule has 2 atom stereocenters. The normalized spacial score (nSPS) is 31.0. The molecule has 0 bridgehead atoms. The van der Waals surface area contributed by atoms with E-state index in [9.17, 15) is 4.79 Å². The van der Waals surface area contributed by atoms with Crippen molar-refractivity contribution >= 4 is 6.09 Å². The molecule has 1 N–H and O–H groups in total. The van der Waals surface area contributed by atoms with Gasteiger partial charge in [0.25, 0.3) is 0 Å². The van der Waals surface area contributed by atoms with E-state index in [-0.39, 0.29) is 18.2 Å². The number of hydrogen-bond donors (Lipinski definition) is 1. The maximum absolute atomic E-state index is 10.9. The van der Waals surface area contributed by atoms with Crippen molar-refractivity contribution in [2.24, 2.45) is 5.92 Å². The SMILES string of the molecule is CC(C)C1=CC2NC(=O)OC2C=C1. The van der Waals surface area contributed by atoms with Crippen molar-refractivity contribution in [3.8, 4) is 0 Å². The number of alkyl carbamates (subject to hydrolysis) is 1. The van der Waals surface area contributed by atoms with E-state index in [1.54, 1.807) is 0 Å². The smallest absolute Gasteiger partial charge is 0.408 e. The van der Waals surface area contributed by atoms with Crippen LogP contribution in [0.5, 0.6) is 0 Å². The minimum Gasteiger partial charge on any atom is -0.439 e. The van der Waals surface area contributed by atoms with E-state index >= 15 is 0 Å². The molecule has 2 unspecified atom stereocenters. The first-order chi connectivity index (χ1) is 6.16. The Balaban J connectivity index is 2.18. The monoisotopic (exact) mass is 179 g/mol. The van der Waals surface area contributed by atoms with Crippen LogP contribution in [0.3, 0.4) is 0 Å². The second kappa shape index (κ2) is 2.91. The summed E-state index contributed by atoms with van der Waals surface area (Å²) in [7, 11) is 0. The summed E-state index contributed by atoms with van der Waals surface area (Å²) in [4.78, 5) is 10.9. The molecule has 1 saturated heterocycles. The maximum Gasteiger partial charge on any atom is 0.408 e. The largest absolute Gasteiger partial charge is 0.439 e. The molecule has 0 aromatic carbocycles. The molecule has 0 aromatic rings. The van der Waals surface area contributed by atoms with Crippen LogP contribution in [0, 0.1) is 5.92 Å². The fraction of sp³-hybridized carbons (Fsp3) is 0.500. The molecule has 1 heterocycles. The van der Waals surface area contributed by atoms with Crippen molar-refractivity contribution in [2.75, 3.05) is 0 Å². The Kier molecular flexibility index (Phi) is 1.87. The third-order valence-electron chi connectivity index (χ3n) is 2.40. The van der Waals surface area contributed by atoms with Crippen molar-refractivity contribution in [3.63, 3.8) is 0 Å². The number of carbonyl (C=O) groups excluding carboxylic acids is 1. The zero-order chi connectivity index (χ0) is 9.42. The van der Waals surface area contributed by atoms with Gasteiger partial charge in [0, 0.05) is 0 Å². The molecule has 3 nitrogen and oxygen atoms in total. The quantitative estimate of drug-likeness (QED) is 0.664. The fourth-order valence-corrected chi connectivity index (χ4v) is 1.60. The van der Waals surface area contributed by atoms with Gasteiger partial charge in [-0.1, -0.05) is 26.0 Å². The number of nitrogens with one attached hydrogen (secondary N) is 1. The summed E-state index contributed by atoms with van der Waals surface area (Å²) in [5.74, 6) is 0.495. The van der Waals surface area contributed by atoms with Crippen LogP contribution in [0.25, 0.3) is 0 Å². The molecular formula is C10H13NO2. The molecule has 1 aliphatic carbocycles. The van der Waals surface area contributed by atoms with Gasteiger partial charge in [0.1, 0.15) is 6.10 Å². The summed E-state index contributed by atoms with van der Waals surface area (Å²) in [6.07, 6.45) is 5.63. The number of ether oxygens (including phenoxy) is 1. The second-order valence-corrected chi connectivity index (χ2v) is 3.72. The van der Waals surface area contributed by atoms with Crippen LogP contribution in [0.2, 0.25) is 0 Å². The van der Waals surface area contributed by atoms with Crippen LogP contribution in [0.4, 0.5) is 4.79 Å². The Bertz CT molecular complexity index is 291. The first kappa shape index (κ1) is 8.35. The molecule has 70 valence electrons. The highest BCUT2D eigenvalue weighted by Crippen LogP contribution is 2.22. The molecular weight excluding hydrogens is 166 g/mol. The lowest BCUT2D eigenvalue weighted by Gasteiger charge is -2.18. The van der Waals surface area contributed by atoms with Gasteiger partial charge < -0.3 is 10.1 Å². The predicted molar refractivity (Wildman–Crippen MR) is 49.3 cm³/mol. The lowest BCUT2D eigenvalue weighted by molar-refractivity contribution is 0.155. The molecule has 1 aliphatic heterocycles. The fourth-order valence-electron chi connectivity index (χ4n) is 1.60. The molecule has 13 heavy (non-hydrogen) atoms. The van der Waals surface area contributed by atoms with E-state index in [2.05, 4.69) is 25.2 Å². The Labute approximate surface area is 77.5 Å². The average Bonchev–Trinajstić information content (AvgIpc) is 2.42. The van der Waals surface area contributed by atoms with Gasteiger partial charge in [0.05, 0.1) is 6.04 Å². The molecule has 0 radical (unpaired) electrons. The standard InChI is InChI=1S/C10H13NO2/c1-6(2)7-3-4-9-8(5-7)11-10(12)13-9/h3-6,8-9H,1-2H3,(H,11,12). The van der Waals surface area contributed by atoms with E-state index in [1.165, 1.54) is 5.57 Å². The van der Waals surface area contributed by atoms with Gasteiger partial charge in [-0.2, -0.15) is 0 Å². The molecule has 0 spiro atoms. The highest BCUT2D eigenvalue weighted by atomic mass is 16.6. The van der Waals surface area contributed by atoms with Gasteiger partial charge >= 0.3 is 6.09 Å². The van der Waals surface area contributed by atoms with Crippen LogP contribution in [-0.2, 0) is 4.74 Å². The lowest BCUT2D eigenvalue weighted by atomic mass is 9.94. The van der Waals surface area contributed by atoms with Crippen molar-refractivity contribution < 1.29 is 9.53 Å². The van der Waals surface area contributed by atoms with Crippen molar-refractivity contribution in [1.82, 2.24) is 5.32 Å². The summed E-state index contributed by atoms with van der Waals surface area (Å²) in [5.41, 5.74) is 1.26. The minimum atomic E-state index is -0.319. The summed E-state index contributed by atoms with van der Waals surface area (Å²) >= 11 is 0. The van der Waals surface area contributed by atoms with Crippen LogP contribution in [-0.4, -0.2) is 18.2 Å². The number of fused-ring (bicyclic) bond motifs is 1. The van der Waals surface area contributed by atoms with E-state index in [1.807, 2.05) is 12.2 Å². The van der Waals surface area contributed by atoms with Crippen molar-refractivity contribution in [3.05, 3.63) is 23.8 Å². The minimum absolute atomic E-state index is 0.0369. The predicted octanol–water partition coefficient (Wildman–Crippen LogP) is 1.62. The van der Waals surface area contributed by atoms with Crippen LogP contribution >= 0.6 is 0 Å². The zero-order valence-corrected chi connectivity index (χ0v) is 7.78. The number of amides is 1. The molecule has 2 rings (SSSR count). The highest BCUT2D eigenvalue weighted by Gasteiger charge is 2.32. The number of carbonyl (C=O) groups is 1. The highest BCUT2D eigenvalue weighted by molar-refractivity contribution is 5.71. The first-order valence-corrected chi connectivity index (χ1v) is 4.54. The third-order valence-corrected chi connectivity index (χ3v) is 2.40. The van der Waals surface area contributed by atoms with E-state index in [4.69, 9.17) is 4.74 Å². The molecule has 1 amide bonds. The van der Waals surface area contributed by atoms with E-state index < -0.39 is 0 Å². The second-order valence-electron chi connectivity index (χ2n) is 3.72. The van der Waals surface area contributed by atoms with Gasteiger partial charge in [0.15, 0.2) is 0 Å². The molecule has 0 saturated carbocycles. The molecule has 2 aliphatic rings. The Hall–Kier alpha value is -1.25. The average molecular weight is 179 g/mol. The van der Waals surface area contributed by atoms with Crippen LogP contribution < -0.4 is 5.32 Å². The van der Waals surface area contributed by atoms with E-state index in [0.29, 0.717) is 5.92 Å². The summed E-state index contributed by atoms with van der Waals surface area (Å²) < 4.78 is 5.01. The first-order valence-electron chi connectivity index (χ1n) is 4.54. The zero-order valence-electron chi connectivity index (χ0n) is 7.78. The van der Waals surface area contributed by atoms with Crippen LogP contribution in [0.15, 0.2) is 23.8 Å². The van der Waals surface area contributed by atoms with Crippen LogP contribution in [0.1, 0.15) is 13.8 Å². The van der Waals surface area contributed by atoms with Crippen molar-refractivity contribution in [1.29, 1.82) is 0 Å².